The highest BCUT2D eigenvalue weighted by molar-refractivity contribution is 6.90. The predicted octanol–water partition coefficient (Wildman–Crippen LogP) is 8.39. The van der Waals surface area contributed by atoms with Crippen molar-refractivity contribution in [3.05, 3.63) is 47.7 Å². The molecule has 2 N–H and O–H groups in total. The molecule has 3 aliphatic heterocycles. The molecule has 3 fully saturated rings. The van der Waals surface area contributed by atoms with Crippen LogP contribution in [-0.4, -0.2) is 102 Å². The fourth-order valence-corrected chi connectivity index (χ4v) is 15.7. The van der Waals surface area contributed by atoms with Crippen molar-refractivity contribution >= 4 is 35.6 Å². The Bertz CT molecular complexity index is 2200. The number of anilines is 1. The van der Waals surface area contributed by atoms with Crippen LogP contribution in [0.4, 0.5) is 14.6 Å². The van der Waals surface area contributed by atoms with Gasteiger partial charge >= 0.3 is 6.01 Å². The van der Waals surface area contributed by atoms with E-state index in [1.165, 1.54) is 19.2 Å². The molecule has 7 rings (SSSR count). The summed E-state index contributed by atoms with van der Waals surface area (Å²) in [7, 11) is -0.735. The molecule has 4 aromatic rings. The molecule has 2 aromatic heterocycles. The monoisotopic (exact) mass is 815 g/mol. The van der Waals surface area contributed by atoms with Gasteiger partial charge in [-0.05, 0) is 98.3 Å². The molecule has 0 spiro atoms. The van der Waals surface area contributed by atoms with Gasteiger partial charge in [-0.15, -0.1) is 5.54 Å². The zero-order valence-corrected chi connectivity index (χ0v) is 36.3. The Labute approximate surface area is 342 Å². The summed E-state index contributed by atoms with van der Waals surface area (Å²) in [5.74, 6) is 3.07. The van der Waals surface area contributed by atoms with Gasteiger partial charge in [0, 0.05) is 49.0 Å². The van der Waals surface area contributed by atoms with Crippen molar-refractivity contribution in [3.8, 4) is 34.5 Å². The molecule has 3 atom stereocenters. The molecule has 13 heteroatoms. The first kappa shape index (κ1) is 42.2. The van der Waals surface area contributed by atoms with Crippen LogP contribution in [0.2, 0.25) is 16.6 Å². The van der Waals surface area contributed by atoms with E-state index >= 15 is 8.78 Å². The van der Waals surface area contributed by atoms with Crippen LogP contribution in [0.25, 0.3) is 32.9 Å². The number of nitrogens with zero attached hydrogens (tertiary/aromatic N) is 5. The average molecular weight is 816 g/mol. The second kappa shape index (κ2) is 16.6. The summed E-state index contributed by atoms with van der Waals surface area (Å²) in [5.41, 5.74) is 4.41. The van der Waals surface area contributed by atoms with Gasteiger partial charge in [0.1, 0.15) is 43.3 Å². The number of rotatable bonds is 12. The Hall–Kier alpha value is -3.93. The third kappa shape index (κ3) is 7.78. The van der Waals surface area contributed by atoms with Crippen molar-refractivity contribution in [2.24, 2.45) is 0 Å². The number of pyridine rings is 1. The summed E-state index contributed by atoms with van der Waals surface area (Å²) < 4.78 is 50.7. The van der Waals surface area contributed by atoms with E-state index in [1.807, 2.05) is 4.90 Å². The summed E-state index contributed by atoms with van der Waals surface area (Å²) in [6, 6.07) is 6.37. The van der Waals surface area contributed by atoms with Gasteiger partial charge in [0.2, 0.25) is 0 Å². The number of hydrogen-bond acceptors (Lipinski definition) is 10. The molecule has 0 bridgehead atoms. The molecular formula is C45H59F2N5O5Si. The maximum absolute atomic E-state index is 17.6. The number of β-amino-alcohol motifs (C(OH)–C–C–N with tert-alkyl or cyclic N) is 1. The van der Waals surface area contributed by atoms with Crippen LogP contribution in [0.15, 0.2) is 30.5 Å². The second-order valence-electron chi connectivity index (χ2n) is 17.9. The highest BCUT2D eigenvalue weighted by atomic mass is 28.3. The summed E-state index contributed by atoms with van der Waals surface area (Å²) in [6.45, 7) is 17.3. The van der Waals surface area contributed by atoms with Crippen LogP contribution < -0.4 is 14.4 Å². The molecule has 0 unspecified atom stereocenters. The summed E-state index contributed by atoms with van der Waals surface area (Å²) >= 11 is 0. The van der Waals surface area contributed by atoms with E-state index in [-0.39, 0.29) is 42.2 Å². The lowest BCUT2D eigenvalue weighted by molar-refractivity contribution is 0.0446. The largest absolute Gasteiger partial charge is 0.468 e. The lowest BCUT2D eigenvalue weighted by Gasteiger charge is -2.38. The molecule has 5 heterocycles. The zero-order chi connectivity index (χ0) is 41.6. The lowest BCUT2D eigenvalue weighted by Crippen LogP contribution is -2.47. The minimum atomic E-state index is -2.24. The number of aromatic nitrogens is 3. The molecule has 0 amide bonds. The normalized spacial score (nSPS) is 22.7. The Balaban J connectivity index is 1.42. The Morgan fingerprint density at radius 3 is 2.40 bits per heavy atom. The van der Waals surface area contributed by atoms with Crippen molar-refractivity contribution < 1.29 is 33.2 Å². The molecular weight excluding hydrogens is 757 g/mol. The van der Waals surface area contributed by atoms with Crippen LogP contribution in [-0.2, 0) is 4.74 Å². The highest BCUT2D eigenvalue weighted by Gasteiger charge is 2.49. The SMILES string of the molecule is COCOc1cc(-c2ncc3c(N4CCC[C@@](C)(O)C4)nc(OC[C@@]45CCCN4[C@H](CO)CC5)nc3c2F)c2c(C#C[Si](C(C)C)(C(C)C)C(C)C)cc(F)cc2c1. The van der Waals surface area contributed by atoms with Gasteiger partial charge in [0.25, 0.3) is 0 Å². The minimum absolute atomic E-state index is 0.00139. The van der Waals surface area contributed by atoms with Gasteiger partial charge in [-0.2, -0.15) is 9.97 Å². The zero-order valence-electron chi connectivity index (χ0n) is 35.3. The molecule has 3 aliphatic rings. The van der Waals surface area contributed by atoms with Crippen LogP contribution in [0, 0.1) is 23.1 Å². The van der Waals surface area contributed by atoms with Gasteiger partial charge in [-0.1, -0.05) is 47.5 Å². The topological polar surface area (TPSA) is 113 Å². The number of ether oxygens (including phenoxy) is 3. The molecule has 0 radical (unpaired) electrons. The van der Waals surface area contributed by atoms with E-state index < -0.39 is 25.3 Å². The summed E-state index contributed by atoms with van der Waals surface area (Å²) in [4.78, 5) is 18.7. The number of methoxy groups -OCH3 is 1. The maximum atomic E-state index is 17.6. The smallest absolute Gasteiger partial charge is 0.319 e. The van der Waals surface area contributed by atoms with Crippen molar-refractivity contribution in [2.75, 3.05) is 51.7 Å². The number of hydrogen-bond donors (Lipinski definition) is 2. The highest BCUT2D eigenvalue weighted by Crippen LogP contribution is 2.44. The number of piperidine rings is 1. The number of fused-ring (bicyclic) bond motifs is 3. The molecule has 58 heavy (non-hydrogen) atoms. The van der Waals surface area contributed by atoms with E-state index in [4.69, 9.17) is 29.2 Å². The van der Waals surface area contributed by atoms with E-state index in [0.29, 0.717) is 81.6 Å². The summed E-state index contributed by atoms with van der Waals surface area (Å²) in [5, 5.41) is 22.6. The first-order valence-electron chi connectivity index (χ1n) is 20.9. The molecule has 3 saturated heterocycles. The van der Waals surface area contributed by atoms with Crippen LogP contribution >= 0.6 is 0 Å². The van der Waals surface area contributed by atoms with E-state index in [0.717, 1.165) is 38.6 Å². The fourth-order valence-electron chi connectivity index (χ4n) is 10.5. The van der Waals surface area contributed by atoms with Gasteiger partial charge in [0.05, 0.1) is 23.1 Å². The van der Waals surface area contributed by atoms with Crippen LogP contribution in [0.5, 0.6) is 11.8 Å². The Morgan fingerprint density at radius 1 is 0.966 bits per heavy atom. The first-order chi connectivity index (χ1) is 27.6. The van der Waals surface area contributed by atoms with Gasteiger partial charge in [-0.25, -0.2) is 8.78 Å². The van der Waals surface area contributed by atoms with Crippen LogP contribution in [0.3, 0.4) is 0 Å². The number of benzene rings is 2. The molecule has 10 nitrogen and oxygen atoms in total. The van der Waals surface area contributed by atoms with Crippen molar-refractivity contribution in [2.45, 2.75) is 121 Å². The minimum Gasteiger partial charge on any atom is -0.468 e. The van der Waals surface area contributed by atoms with E-state index in [9.17, 15) is 10.2 Å². The van der Waals surface area contributed by atoms with Crippen molar-refractivity contribution in [1.82, 2.24) is 19.9 Å². The standard InChI is InChI=1S/C45H59F2N5O5Si/c1-28(2)58(29(3)4,30(5)6)18-12-31-19-33(46)20-32-21-35(57-27-55-8)22-36(38(31)32)40-39(47)41-37(23-48-40)42(51-16-9-13-44(7,54)25-51)50-43(49-41)56-26-45-14-10-17-52(45)34(24-53)11-15-45/h19-23,28-30,34,53-54H,9-11,13-17,24-27H2,1-8H3/t34-,44+,45-/m0/s1. The number of aliphatic hydroxyl groups is 2. The fraction of sp³-hybridized carbons (Fsp3) is 0.578. The van der Waals surface area contributed by atoms with Gasteiger partial charge in [0.15, 0.2) is 12.6 Å². The van der Waals surface area contributed by atoms with Gasteiger partial charge < -0.3 is 29.3 Å². The Morgan fingerprint density at radius 2 is 1.71 bits per heavy atom. The second-order valence-corrected chi connectivity index (χ2v) is 23.5. The Kier molecular flexibility index (Phi) is 12.1. The summed E-state index contributed by atoms with van der Waals surface area (Å²) in [6.07, 6.45) is 6.62. The van der Waals surface area contributed by atoms with Crippen molar-refractivity contribution in [3.63, 3.8) is 0 Å². The number of aliphatic hydroxyl groups excluding tert-OH is 1. The van der Waals surface area contributed by atoms with Gasteiger partial charge in [-0.3, -0.25) is 9.88 Å². The lowest BCUT2D eigenvalue weighted by atomic mass is 9.94. The molecule has 312 valence electrons. The van der Waals surface area contributed by atoms with Crippen molar-refractivity contribution in [1.29, 1.82) is 0 Å². The van der Waals surface area contributed by atoms with Crippen LogP contribution in [0.1, 0.15) is 92.6 Å². The first-order valence-corrected chi connectivity index (χ1v) is 23.1. The average Bonchev–Trinajstić information content (AvgIpc) is 3.74. The molecule has 0 saturated carbocycles. The van der Waals surface area contributed by atoms with E-state index in [2.05, 4.69) is 57.9 Å². The quantitative estimate of drug-likeness (QED) is 0.0822. The maximum Gasteiger partial charge on any atom is 0.319 e. The van der Waals surface area contributed by atoms with E-state index in [1.54, 1.807) is 25.3 Å². The third-order valence-corrected chi connectivity index (χ3v) is 19.5. The number of halogens is 2. The molecule has 0 aliphatic carbocycles. The third-order valence-electron chi connectivity index (χ3n) is 13.2. The molecule has 2 aromatic carbocycles. The predicted molar refractivity (Wildman–Crippen MR) is 227 cm³/mol.